The average Bonchev–Trinajstić information content (AvgIpc) is 2.98. The van der Waals surface area contributed by atoms with Crippen molar-refractivity contribution in [3.05, 3.63) is 35.1 Å². The Labute approximate surface area is 94.0 Å². The van der Waals surface area contributed by atoms with Crippen LogP contribution in [0.2, 0.25) is 0 Å². The predicted molar refractivity (Wildman–Crippen MR) is 50.4 cm³/mol. The summed E-state index contributed by atoms with van der Waals surface area (Å²) in [6, 6.07) is 2.13. The smallest absolute Gasteiger partial charge is 0.211 e. The molecule has 0 unspecified atom stereocenters. The molecule has 0 bridgehead atoms. The second kappa shape index (κ2) is 3.67. The molecule has 2 nitrogen and oxygen atoms in total. The molecule has 0 heterocycles. The van der Waals surface area contributed by atoms with Gasteiger partial charge in [-0.3, -0.25) is 0 Å². The number of alkyl halides is 3. The highest BCUT2D eigenvalue weighted by molar-refractivity contribution is 5.43. The zero-order valence-electron chi connectivity index (χ0n) is 8.51. The molecule has 0 spiro atoms. The fraction of sp³-hybridized carbons (Fsp3) is 0.364. The topological polar surface area (TPSA) is 29.4 Å². The quantitative estimate of drug-likeness (QED) is 0.447. The molecule has 1 fully saturated rings. The summed E-state index contributed by atoms with van der Waals surface area (Å²) < 4.78 is 50.9. The lowest BCUT2D eigenvalue weighted by Crippen LogP contribution is -2.11. The van der Waals surface area contributed by atoms with Gasteiger partial charge in [0.15, 0.2) is 0 Å². The molecule has 6 heteroatoms. The van der Waals surface area contributed by atoms with Crippen molar-refractivity contribution in [1.82, 2.24) is 0 Å². The molecular formula is C11H7F4NO. The van der Waals surface area contributed by atoms with Gasteiger partial charge in [-0.05, 0) is 31.0 Å². The van der Waals surface area contributed by atoms with Crippen molar-refractivity contribution in [3.63, 3.8) is 0 Å². The van der Waals surface area contributed by atoms with Gasteiger partial charge in [0.25, 0.3) is 0 Å². The van der Waals surface area contributed by atoms with Crippen molar-refractivity contribution in [2.24, 2.45) is 4.99 Å². The lowest BCUT2D eigenvalue weighted by atomic mass is 10.0. The molecule has 1 aliphatic rings. The van der Waals surface area contributed by atoms with E-state index in [9.17, 15) is 22.4 Å². The zero-order valence-corrected chi connectivity index (χ0v) is 8.51. The van der Waals surface area contributed by atoms with Gasteiger partial charge in [0, 0.05) is 5.56 Å². The zero-order chi connectivity index (χ0) is 12.7. The maximum atomic E-state index is 13.5. The molecule has 17 heavy (non-hydrogen) atoms. The number of carbonyl (C=O) groups excluding carboxylic acids is 1. The van der Waals surface area contributed by atoms with Crippen molar-refractivity contribution >= 4 is 6.08 Å². The second-order valence-corrected chi connectivity index (χ2v) is 3.93. The summed E-state index contributed by atoms with van der Waals surface area (Å²) in [7, 11) is 0. The van der Waals surface area contributed by atoms with Crippen molar-refractivity contribution in [2.75, 3.05) is 0 Å². The van der Waals surface area contributed by atoms with E-state index in [0.717, 1.165) is 6.07 Å². The Balaban J connectivity index is 2.51. The van der Waals surface area contributed by atoms with Crippen LogP contribution in [0.4, 0.5) is 17.6 Å². The first-order chi connectivity index (χ1) is 7.89. The molecule has 1 aliphatic carbocycles. The number of hydrogen-bond acceptors (Lipinski definition) is 2. The fourth-order valence-corrected chi connectivity index (χ4v) is 1.71. The van der Waals surface area contributed by atoms with E-state index >= 15 is 0 Å². The highest BCUT2D eigenvalue weighted by atomic mass is 19.4. The normalized spacial score (nSPS) is 17.4. The Morgan fingerprint density at radius 1 is 1.29 bits per heavy atom. The third-order valence-electron chi connectivity index (χ3n) is 2.78. The lowest BCUT2D eigenvalue weighted by molar-refractivity contribution is -0.137. The predicted octanol–water partition coefficient (Wildman–Crippen LogP) is 3.17. The minimum absolute atomic E-state index is 0.185. The van der Waals surface area contributed by atoms with Crippen LogP contribution in [0, 0.1) is 5.82 Å². The van der Waals surface area contributed by atoms with E-state index in [1.165, 1.54) is 6.08 Å². The molecule has 1 aromatic rings. The molecule has 2 rings (SSSR count). The van der Waals surface area contributed by atoms with Crippen molar-refractivity contribution in [2.45, 2.75) is 24.6 Å². The summed E-state index contributed by atoms with van der Waals surface area (Å²) >= 11 is 0. The summed E-state index contributed by atoms with van der Waals surface area (Å²) in [5, 5.41) is 0. The minimum atomic E-state index is -4.54. The Hall–Kier alpha value is -1.68. The molecule has 0 amide bonds. The number of halogens is 4. The third kappa shape index (κ3) is 2.08. The van der Waals surface area contributed by atoms with Crippen LogP contribution >= 0.6 is 0 Å². The van der Waals surface area contributed by atoms with Crippen LogP contribution in [0.1, 0.15) is 24.0 Å². The number of benzene rings is 1. The molecule has 0 aromatic heterocycles. The standard InChI is InChI=1S/C11H7F4NO/c12-9-2-1-7(11(13,14)15)5-8(9)10(3-4-10)16-6-17/h1-2,5H,3-4H2. The SMILES string of the molecule is O=C=NC1(c2cc(C(F)(F)F)ccc2F)CC1. The van der Waals surface area contributed by atoms with Gasteiger partial charge in [-0.15, -0.1) is 0 Å². The Kier molecular flexibility index (Phi) is 2.54. The molecule has 0 saturated heterocycles. The summed E-state index contributed by atoms with van der Waals surface area (Å²) in [6.07, 6.45) is -2.53. The van der Waals surface area contributed by atoms with E-state index in [1.807, 2.05) is 0 Å². The van der Waals surface area contributed by atoms with Gasteiger partial charge >= 0.3 is 6.18 Å². The molecule has 90 valence electrons. The van der Waals surface area contributed by atoms with E-state index in [2.05, 4.69) is 4.99 Å². The van der Waals surface area contributed by atoms with Crippen molar-refractivity contribution < 1.29 is 22.4 Å². The second-order valence-electron chi connectivity index (χ2n) is 3.93. The Bertz CT molecular complexity index is 499. The number of rotatable bonds is 2. The monoisotopic (exact) mass is 245 g/mol. The van der Waals surface area contributed by atoms with Crippen LogP contribution in [0.15, 0.2) is 23.2 Å². The first-order valence-corrected chi connectivity index (χ1v) is 4.85. The van der Waals surface area contributed by atoms with Crippen LogP contribution < -0.4 is 0 Å². The van der Waals surface area contributed by atoms with Crippen LogP contribution in [-0.2, 0) is 16.5 Å². The largest absolute Gasteiger partial charge is 0.416 e. The van der Waals surface area contributed by atoms with Gasteiger partial charge in [-0.25, -0.2) is 9.18 Å². The van der Waals surface area contributed by atoms with Gasteiger partial charge in [-0.2, -0.15) is 18.2 Å². The number of aliphatic imine (C=N–C) groups is 1. The van der Waals surface area contributed by atoms with Crippen LogP contribution in [0.3, 0.4) is 0 Å². The van der Waals surface area contributed by atoms with Gasteiger partial charge in [0.2, 0.25) is 6.08 Å². The summed E-state index contributed by atoms with van der Waals surface area (Å²) in [5.41, 5.74) is -2.26. The molecule has 0 N–H and O–H groups in total. The maximum Gasteiger partial charge on any atom is 0.416 e. The molecule has 1 aromatic carbocycles. The summed E-state index contributed by atoms with van der Waals surface area (Å²) in [5.74, 6) is -0.783. The van der Waals surface area contributed by atoms with E-state index in [-0.39, 0.29) is 5.56 Å². The van der Waals surface area contributed by atoms with Gasteiger partial charge < -0.3 is 0 Å². The van der Waals surface area contributed by atoms with Crippen LogP contribution in [0.5, 0.6) is 0 Å². The van der Waals surface area contributed by atoms with Gasteiger partial charge in [0.05, 0.1) is 5.56 Å². The lowest BCUT2D eigenvalue weighted by Gasteiger charge is -2.13. The van der Waals surface area contributed by atoms with Crippen molar-refractivity contribution in [1.29, 1.82) is 0 Å². The average molecular weight is 245 g/mol. The minimum Gasteiger partial charge on any atom is -0.211 e. The highest BCUT2D eigenvalue weighted by Gasteiger charge is 2.47. The van der Waals surface area contributed by atoms with Crippen LogP contribution in [0.25, 0.3) is 0 Å². The van der Waals surface area contributed by atoms with Gasteiger partial charge in [-0.1, -0.05) is 0 Å². The molecule has 1 saturated carbocycles. The number of hydrogen-bond donors (Lipinski definition) is 0. The first kappa shape index (κ1) is 11.8. The number of nitrogens with zero attached hydrogens (tertiary/aromatic N) is 1. The maximum absolute atomic E-state index is 13.5. The summed E-state index contributed by atoms with van der Waals surface area (Å²) in [4.78, 5) is 13.6. The van der Waals surface area contributed by atoms with E-state index in [0.29, 0.717) is 25.0 Å². The van der Waals surface area contributed by atoms with E-state index in [4.69, 9.17) is 0 Å². The third-order valence-corrected chi connectivity index (χ3v) is 2.78. The van der Waals surface area contributed by atoms with E-state index in [1.54, 1.807) is 0 Å². The Morgan fingerprint density at radius 2 is 1.94 bits per heavy atom. The van der Waals surface area contributed by atoms with E-state index < -0.39 is 23.1 Å². The number of isocyanates is 1. The van der Waals surface area contributed by atoms with Crippen molar-refractivity contribution in [3.8, 4) is 0 Å². The molecule has 0 radical (unpaired) electrons. The highest BCUT2D eigenvalue weighted by Crippen LogP contribution is 2.50. The first-order valence-electron chi connectivity index (χ1n) is 4.85. The Morgan fingerprint density at radius 3 is 2.41 bits per heavy atom. The van der Waals surface area contributed by atoms with Gasteiger partial charge in [0.1, 0.15) is 11.4 Å². The molecule has 0 aliphatic heterocycles. The fourth-order valence-electron chi connectivity index (χ4n) is 1.71. The molecule has 0 atom stereocenters. The summed E-state index contributed by atoms with van der Waals surface area (Å²) in [6.45, 7) is 0. The molecular weight excluding hydrogens is 238 g/mol. The van der Waals surface area contributed by atoms with Crippen LogP contribution in [-0.4, -0.2) is 6.08 Å².